The molecule has 0 heterocycles. The van der Waals surface area contributed by atoms with E-state index in [0.717, 1.165) is 12.0 Å². The number of nitro benzene ring substituents is 1. The van der Waals surface area contributed by atoms with E-state index in [1.165, 1.54) is 18.2 Å². The average Bonchev–Trinajstić information content (AvgIpc) is 2.66. The highest BCUT2D eigenvalue weighted by Crippen LogP contribution is 2.23. The Morgan fingerprint density at radius 2 is 1.89 bits per heavy atom. The van der Waals surface area contributed by atoms with Crippen molar-refractivity contribution < 1.29 is 14.8 Å². The number of hydrogen-bond acceptors (Lipinski definition) is 5. The van der Waals surface area contributed by atoms with Gasteiger partial charge in [0.15, 0.2) is 0 Å². The second-order valence-electron chi connectivity index (χ2n) is 7.17. The zero-order valence-electron chi connectivity index (χ0n) is 16.2. The molecule has 1 atom stereocenters. The van der Waals surface area contributed by atoms with Gasteiger partial charge in [0.2, 0.25) is 5.91 Å². The lowest BCUT2D eigenvalue weighted by atomic mass is 10.0. The van der Waals surface area contributed by atoms with Crippen LogP contribution in [0.4, 0.5) is 5.69 Å². The summed E-state index contributed by atoms with van der Waals surface area (Å²) in [7, 11) is 0. The van der Waals surface area contributed by atoms with E-state index < -0.39 is 11.0 Å². The summed E-state index contributed by atoms with van der Waals surface area (Å²) in [5.41, 5.74) is 1.28. The minimum absolute atomic E-state index is 0.0447. The Bertz CT molecular complexity index is 793. The third-order valence-corrected chi connectivity index (χ3v) is 4.43. The monoisotopic (exact) mass is 385 g/mol. The largest absolute Gasteiger partial charge is 0.508 e. The lowest BCUT2D eigenvalue weighted by Crippen LogP contribution is -2.45. The van der Waals surface area contributed by atoms with Gasteiger partial charge in [-0.15, -0.1) is 0 Å². The molecular weight excluding hydrogens is 358 g/mol. The number of nitrogens with zero attached hydrogens (tertiary/aromatic N) is 1. The van der Waals surface area contributed by atoms with Crippen LogP contribution >= 0.6 is 0 Å². The molecule has 28 heavy (non-hydrogen) atoms. The molecule has 2 aromatic carbocycles. The van der Waals surface area contributed by atoms with Gasteiger partial charge in [0.1, 0.15) is 5.75 Å². The van der Waals surface area contributed by atoms with E-state index in [1.807, 2.05) is 30.3 Å². The number of nitrogens with one attached hydrogen (secondary N) is 2. The van der Waals surface area contributed by atoms with Crippen molar-refractivity contribution in [1.29, 1.82) is 0 Å². The summed E-state index contributed by atoms with van der Waals surface area (Å²) < 4.78 is 0. The summed E-state index contributed by atoms with van der Waals surface area (Å²) in [5, 5.41) is 27.0. The Hall–Kier alpha value is -2.93. The van der Waals surface area contributed by atoms with Crippen LogP contribution in [0.5, 0.6) is 5.75 Å². The molecular formula is C21H27N3O4. The van der Waals surface area contributed by atoms with E-state index in [9.17, 15) is 20.0 Å². The molecule has 7 nitrogen and oxygen atoms in total. The van der Waals surface area contributed by atoms with Crippen LogP contribution in [0.25, 0.3) is 0 Å². The maximum absolute atomic E-state index is 12.7. The standard InChI is InChI=1S/C21H27N3O4/c1-15(2)10-11-22-21(26)19(12-16-6-4-3-5-7-16)23-14-17-13-18(24(27)28)8-9-20(17)25/h3-9,13,15,19,23,25H,10-12,14H2,1-2H3,(H,22,26)/t19-/m1/s1. The number of benzene rings is 2. The quantitative estimate of drug-likeness (QED) is 0.430. The number of phenols is 1. The maximum atomic E-state index is 12.7. The summed E-state index contributed by atoms with van der Waals surface area (Å²) in [6, 6.07) is 13.0. The van der Waals surface area contributed by atoms with Gasteiger partial charge in [-0.3, -0.25) is 14.9 Å². The van der Waals surface area contributed by atoms with Gasteiger partial charge >= 0.3 is 0 Å². The fourth-order valence-electron chi connectivity index (χ4n) is 2.77. The van der Waals surface area contributed by atoms with E-state index in [1.54, 1.807) is 0 Å². The highest BCUT2D eigenvalue weighted by Gasteiger charge is 2.19. The van der Waals surface area contributed by atoms with Crippen LogP contribution in [0.3, 0.4) is 0 Å². The Kier molecular flexibility index (Phi) is 7.95. The minimum Gasteiger partial charge on any atom is -0.508 e. The number of carbonyl (C=O) groups is 1. The topological polar surface area (TPSA) is 104 Å². The highest BCUT2D eigenvalue weighted by atomic mass is 16.6. The summed E-state index contributed by atoms with van der Waals surface area (Å²) in [4.78, 5) is 23.1. The summed E-state index contributed by atoms with van der Waals surface area (Å²) in [6.45, 7) is 4.92. The molecule has 0 saturated heterocycles. The molecule has 150 valence electrons. The van der Waals surface area contributed by atoms with Crippen molar-refractivity contribution >= 4 is 11.6 Å². The molecule has 3 N–H and O–H groups in total. The van der Waals surface area contributed by atoms with Gasteiger partial charge in [0.05, 0.1) is 11.0 Å². The van der Waals surface area contributed by atoms with E-state index in [2.05, 4.69) is 24.5 Å². The predicted molar refractivity (Wildman–Crippen MR) is 108 cm³/mol. The number of hydrogen-bond donors (Lipinski definition) is 3. The molecule has 0 aliphatic rings. The second kappa shape index (κ2) is 10.4. The Morgan fingerprint density at radius 1 is 1.18 bits per heavy atom. The molecule has 0 radical (unpaired) electrons. The first-order valence-corrected chi connectivity index (χ1v) is 9.38. The normalized spacial score (nSPS) is 12.0. The van der Waals surface area contributed by atoms with Crippen molar-refractivity contribution in [3.8, 4) is 5.75 Å². The summed E-state index contributed by atoms with van der Waals surface area (Å²) in [6.07, 6.45) is 1.36. The number of rotatable bonds is 10. The Labute approximate surface area is 164 Å². The molecule has 0 bridgehead atoms. The molecule has 2 aromatic rings. The molecule has 0 aliphatic heterocycles. The minimum atomic E-state index is -0.520. The first-order chi connectivity index (χ1) is 13.4. The van der Waals surface area contributed by atoms with Gasteiger partial charge in [-0.25, -0.2) is 0 Å². The van der Waals surface area contributed by atoms with Crippen molar-refractivity contribution in [2.45, 2.75) is 39.3 Å². The first kappa shape index (κ1) is 21.4. The van der Waals surface area contributed by atoms with Crippen LogP contribution in [-0.2, 0) is 17.8 Å². The Morgan fingerprint density at radius 3 is 2.54 bits per heavy atom. The number of nitro groups is 1. The zero-order chi connectivity index (χ0) is 20.5. The van der Waals surface area contributed by atoms with Crippen molar-refractivity contribution in [2.24, 2.45) is 5.92 Å². The number of carbonyl (C=O) groups excluding carboxylic acids is 1. The molecule has 2 rings (SSSR count). The summed E-state index contributed by atoms with van der Waals surface area (Å²) in [5.74, 6) is 0.314. The summed E-state index contributed by atoms with van der Waals surface area (Å²) >= 11 is 0. The van der Waals surface area contributed by atoms with Gasteiger partial charge in [0.25, 0.3) is 5.69 Å². The molecule has 7 heteroatoms. The number of amides is 1. The molecule has 0 saturated carbocycles. The van der Waals surface area contributed by atoms with Crippen LogP contribution in [-0.4, -0.2) is 28.5 Å². The zero-order valence-corrected chi connectivity index (χ0v) is 16.2. The van der Waals surface area contributed by atoms with Gasteiger partial charge in [-0.2, -0.15) is 0 Å². The van der Waals surface area contributed by atoms with Crippen LogP contribution < -0.4 is 10.6 Å². The molecule has 0 spiro atoms. The maximum Gasteiger partial charge on any atom is 0.270 e. The molecule has 0 aliphatic carbocycles. The van der Waals surface area contributed by atoms with Crippen molar-refractivity contribution in [2.75, 3.05) is 6.54 Å². The van der Waals surface area contributed by atoms with Gasteiger partial charge in [-0.05, 0) is 30.4 Å². The highest BCUT2D eigenvalue weighted by molar-refractivity contribution is 5.82. The van der Waals surface area contributed by atoms with E-state index in [4.69, 9.17) is 0 Å². The molecule has 0 aromatic heterocycles. The lowest BCUT2D eigenvalue weighted by Gasteiger charge is -2.19. The fraction of sp³-hybridized carbons (Fsp3) is 0.381. The van der Waals surface area contributed by atoms with Gasteiger partial charge in [-0.1, -0.05) is 44.2 Å². The van der Waals surface area contributed by atoms with Crippen LogP contribution in [0.15, 0.2) is 48.5 Å². The molecule has 0 unspecified atom stereocenters. The van der Waals surface area contributed by atoms with Gasteiger partial charge < -0.3 is 15.7 Å². The van der Waals surface area contributed by atoms with Crippen LogP contribution in [0, 0.1) is 16.0 Å². The van der Waals surface area contributed by atoms with E-state index in [0.29, 0.717) is 24.4 Å². The van der Waals surface area contributed by atoms with Crippen molar-refractivity contribution in [3.63, 3.8) is 0 Å². The number of phenolic OH excluding ortho intramolecular Hbond substituents is 1. The molecule has 0 fully saturated rings. The number of aromatic hydroxyl groups is 1. The fourth-order valence-corrected chi connectivity index (χ4v) is 2.77. The predicted octanol–water partition coefficient (Wildman–Crippen LogP) is 3.16. The van der Waals surface area contributed by atoms with Crippen molar-refractivity contribution in [3.05, 3.63) is 69.8 Å². The van der Waals surface area contributed by atoms with Crippen LogP contribution in [0.2, 0.25) is 0 Å². The lowest BCUT2D eigenvalue weighted by molar-refractivity contribution is -0.384. The second-order valence-corrected chi connectivity index (χ2v) is 7.17. The number of non-ortho nitro benzene ring substituents is 1. The SMILES string of the molecule is CC(C)CCNC(=O)[C@@H](Cc1ccccc1)NCc1cc([N+](=O)[O-])ccc1O. The van der Waals surface area contributed by atoms with Crippen LogP contribution in [0.1, 0.15) is 31.4 Å². The smallest absolute Gasteiger partial charge is 0.270 e. The third kappa shape index (κ3) is 6.66. The van der Waals surface area contributed by atoms with E-state index >= 15 is 0 Å². The Balaban J connectivity index is 2.09. The van der Waals surface area contributed by atoms with E-state index in [-0.39, 0.29) is 23.9 Å². The van der Waals surface area contributed by atoms with Crippen molar-refractivity contribution in [1.82, 2.24) is 10.6 Å². The molecule has 1 amide bonds. The van der Waals surface area contributed by atoms with Gasteiger partial charge in [0, 0.05) is 30.8 Å². The average molecular weight is 385 g/mol. The third-order valence-electron chi connectivity index (χ3n) is 4.43. The first-order valence-electron chi connectivity index (χ1n) is 9.38.